The molecule has 3 heteroatoms. The summed E-state index contributed by atoms with van der Waals surface area (Å²) in [5.41, 5.74) is 4.82. The summed E-state index contributed by atoms with van der Waals surface area (Å²) in [5, 5.41) is 0. The van der Waals surface area contributed by atoms with Crippen LogP contribution in [0.4, 0.5) is 0 Å². The number of carbonyl (C=O) groups excluding carboxylic acids is 1. The number of ether oxygens (including phenoxy) is 1. The van der Waals surface area contributed by atoms with Crippen molar-refractivity contribution < 1.29 is 9.53 Å². The molecule has 1 saturated heterocycles. The van der Waals surface area contributed by atoms with Gasteiger partial charge in [0, 0.05) is 0 Å². The van der Waals surface area contributed by atoms with Crippen LogP contribution in [0.2, 0.25) is 0 Å². The van der Waals surface area contributed by atoms with Gasteiger partial charge in [0.15, 0.2) is 6.10 Å². The van der Waals surface area contributed by atoms with Gasteiger partial charge in [-0.3, -0.25) is 4.79 Å². The average molecular weight is 101 g/mol. The molecule has 0 aromatic rings. The van der Waals surface area contributed by atoms with E-state index < -0.39 is 0 Å². The Morgan fingerprint density at radius 3 is 2.29 bits per heavy atom. The van der Waals surface area contributed by atoms with Crippen LogP contribution >= 0.6 is 0 Å². The molecule has 3 nitrogen and oxygen atoms in total. The molecule has 0 saturated carbocycles. The Morgan fingerprint density at radius 1 is 1.86 bits per heavy atom. The van der Waals surface area contributed by atoms with Gasteiger partial charge in [-0.25, -0.2) is 0 Å². The molecule has 1 amide bonds. The molecule has 0 aromatic heterocycles. The van der Waals surface area contributed by atoms with Crippen molar-refractivity contribution in [2.75, 3.05) is 0 Å². The quantitative estimate of drug-likeness (QED) is 0.442. The number of primary amides is 1. The average Bonchev–Trinajstić information content (AvgIpc) is 2.17. The fourth-order valence-electron chi connectivity index (χ4n) is 0.484. The highest BCUT2D eigenvalue weighted by molar-refractivity contribution is 5.81. The lowest BCUT2D eigenvalue weighted by molar-refractivity contribution is -0.119. The summed E-state index contributed by atoms with van der Waals surface area (Å²) in [6.45, 7) is 1.81. The number of carbonyl (C=O) groups is 1. The predicted octanol–water partition coefficient (Wildman–Crippen LogP) is -0.741. The van der Waals surface area contributed by atoms with Gasteiger partial charge < -0.3 is 10.5 Å². The van der Waals surface area contributed by atoms with Gasteiger partial charge in [-0.1, -0.05) is 0 Å². The zero-order valence-corrected chi connectivity index (χ0v) is 4.05. The maximum atomic E-state index is 10.1. The van der Waals surface area contributed by atoms with Crippen molar-refractivity contribution in [3.05, 3.63) is 0 Å². The van der Waals surface area contributed by atoms with Gasteiger partial charge in [0.1, 0.15) is 0 Å². The van der Waals surface area contributed by atoms with Crippen LogP contribution in [0, 0.1) is 0 Å². The van der Waals surface area contributed by atoms with Crippen molar-refractivity contribution in [3.8, 4) is 0 Å². The van der Waals surface area contributed by atoms with E-state index in [1.807, 2.05) is 6.92 Å². The highest BCUT2D eigenvalue weighted by atomic mass is 16.6. The largest absolute Gasteiger partial charge is 0.367 e. The van der Waals surface area contributed by atoms with Gasteiger partial charge in [-0.2, -0.15) is 0 Å². The molecule has 7 heavy (non-hydrogen) atoms. The zero-order chi connectivity index (χ0) is 5.44. The first-order valence-electron chi connectivity index (χ1n) is 2.16. The second kappa shape index (κ2) is 1.20. The summed E-state index contributed by atoms with van der Waals surface area (Å²) < 4.78 is 4.70. The SMILES string of the molecule is C[C@H]1O[C@H]1C(N)=O. The van der Waals surface area contributed by atoms with Gasteiger partial charge >= 0.3 is 0 Å². The Bertz CT molecular complexity index is 102. The molecule has 1 aliphatic heterocycles. The number of nitrogens with two attached hydrogens (primary N) is 1. The Hall–Kier alpha value is -0.570. The Morgan fingerprint density at radius 2 is 2.29 bits per heavy atom. The fraction of sp³-hybridized carbons (Fsp3) is 0.750. The second-order valence-corrected chi connectivity index (χ2v) is 1.66. The maximum Gasteiger partial charge on any atom is 0.249 e. The van der Waals surface area contributed by atoms with Gasteiger partial charge in [0.05, 0.1) is 6.10 Å². The van der Waals surface area contributed by atoms with E-state index in [4.69, 9.17) is 10.5 Å². The molecule has 0 aliphatic carbocycles. The first-order valence-corrected chi connectivity index (χ1v) is 2.16. The van der Waals surface area contributed by atoms with Crippen molar-refractivity contribution in [3.63, 3.8) is 0 Å². The summed E-state index contributed by atoms with van der Waals surface area (Å²) in [6.07, 6.45) is -0.225. The number of rotatable bonds is 1. The Labute approximate surface area is 41.4 Å². The molecule has 0 unspecified atom stereocenters. The van der Waals surface area contributed by atoms with Crippen LogP contribution in [0.1, 0.15) is 6.92 Å². The molecule has 0 radical (unpaired) electrons. The van der Waals surface area contributed by atoms with E-state index in [-0.39, 0.29) is 18.1 Å². The van der Waals surface area contributed by atoms with E-state index in [9.17, 15) is 4.79 Å². The van der Waals surface area contributed by atoms with Crippen LogP contribution in [0.3, 0.4) is 0 Å². The monoisotopic (exact) mass is 101 g/mol. The number of hydrogen-bond donors (Lipinski definition) is 1. The Kier molecular flexibility index (Phi) is 0.785. The summed E-state index contributed by atoms with van der Waals surface area (Å²) in [6, 6.07) is 0. The number of amides is 1. The molecular weight excluding hydrogens is 94.0 g/mol. The van der Waals surface area contributed by atoms with Crippen molar-refractivity contribution in [2.24, 2.45) is 5.73 Å². The molecular formula is C4H7NO2. The predicted molar refractivity (Wildman–Crippen MR) is 23.5 cm³/mol. The van der Waals surface area contributed by atoms with E-state index >= 15 is 0 Å². The van der Waals surface area contributed by atoms with Crippen LogP contribution in [-0.2, 0) is 9.53 Å². The summed E-state index contributed by atoms with van der Waals surface area (Å²) in [7, 11) is 0. The van der Waals surface area contributed by atoms with Crippen LogP contribution in [0.15, 0.2) is 0 Å². The minimum Gasteiger partial charge on any atom is -0.367 e. The molecule has 1 rings (SSSR count). The summed E-state index contributed by atoms with van der Waals surface area (Å²) in [4.78, 5) is 10.1. The first kappa shape index (κ1) is 4.59. The Balaban J connectivity index is 2.33. The van der Waals surface area contributed by atoms with E-state index in [0.29, 0.717) is 0 Å². The third-order valence-corrected chi connectivity index (χ3v) is 0.991. The van der Waals surface area contributed by atoms with Crippen molar-refractivity contribution in [1.82, 2.24) is 0 Å². The van der Waals surface area contributed by atoms with E-state index in [0.717, 1.165) is 0 Å². The molecule has 1 aliphatic rings. The van der Waals surface area contributed by atoms with Crippen molar-refractivity contribution in [2.45, 2.75) is 19.1 Å². The van der Waals surface area contributed by atoms with E-state index in [1.54, 1.807) is 0 Å². The highest BCUT2D eigenvalue weighted by Crippen LogP contribution is 2.19. The maximum absolute atomic E-state index is 10.1. The third kappa shape index (κ3) is 0.718. The van der Waals surface area contributed by atoms with E-state index in [1.165, 1.54) is 0 Å². The van der Waals surface area contributed by atoms with Gasteiger partial charge in [0.25, 0.3) is 0 Å². The third-order valence-electron chi connectivity index (χ3n) is 0.991. The lowest BCUT2D eigenvalue weighted by Crippen LogP contribution is -2.18. The van der Waals surface area contributed by atoms with Crippen molar-refractivity contribution >= 4 is 5.91 Å². The molecule has 0 aromatic carbocycles. The van der Waals surface area contributed by atoms with Gasteiger partial charge in [0.2, 0.25) is 5.91 Å². The van der Waals surface area contributed by atoms with Crippen LogP contribution < -0.4 is 5.73 Å². The van der Waals surface area contributed by atoms with Gasteiger partial charge in [-0.15, -0.1) is 0 Å². The zero-order valence-electron chi connectivity index (χ0n) is 4.05. The van der Waals surface area contributed by atoms with Gasteiger partial charge in [-0.05, 0) is 6.92 Å². The molecule has 0 bridgehead atoms. The minimum atomic E-state index is -0.354. The fourth-order valence-corrected chi connectivity index (χ4v) is 0.484. The van der Waals surface area contributed by atoms with E-state index in [2.05, 4.69) is 0 Å². The topological polar surface area (TPSA) is 55.6 Å². The standard InChI is InChI=1S/C4H7NO2/c1-2-3(7-2)4(5)6/h2-3H,1H3,(H2,5,6)/t2-,3-/m1/s1. The molecule has 1 heterocycles. The first-order chi connectivity index (χ1) is 3.22. The molecule has 2 atom stereocenters. The lowest BCUT2D eigenvalue weighted by atomic mass is 10.3. The lowest BCUT2D eigenvalue weighted by Gasteiger charge is -1.76. The molecule has 40 valence electrons. The summed E-state index contributed by atoms with van der Waals surface area (Å²) >= 11 is 0. The second-order valence-electron chi connectivity index (χ2n) is 1.66. The number of epoxide rings is 1. The van der Waals surface area contributed by atoms with Crippen LogP contribution in [0.5, 0.6) is 0 Å². The smallest absolute Gasteiger partial charge is 0.249 e. The molecule has 2 N–H and O–H groups in total. The van der Waals surface area contributed by atoms with Crippen LogP contribution in [0.25, 0.3) is 0 Å². The summed E-state index contributed by atoms with van der Waals surface area (Å²) in [5.74, 6) is -0.354. The minimum absolute atomic E-state index is 0.0671. The normalized spacial score (nSPS) is 37.9. The number of hydrogen-bond acceptors (Lipinski definition) is 2. The molecule has 1 fully saturated rings. The highest BCUT2D eigenvalue weighted by Gasteiger charge is 2.39. The molecule has 0 spiro atoms. The van der Waals surface area contributed by atoms with Crippen LogP contribution in [-0.4, -0.2) is 18.1 Å². The van der Waals surface area contributed by atoms with Crippen molar-refractivity contribution in [1.29, 1.82) is 0 Å².